The Bertz CT molecular complexity index is 1320. The van der Waals surface area contributed by atoms with Gasteiger partial charge in [-0.25, -0.2) is 4.99 Å². The summed E-state index contributed by atoms with van der Waals surface area (Å²) in [5.74, 6) is -0.00646. The Hall–Kier alpha value is -2.87. The Morgan fingerprint density at radius 2 is 1.81 bits per heavy atom. The minimum Gasteiger partial charge on any atom is -0.508 e. The molecule has 8 heteroatoms. The average Bonchev–Trinajstić information content (AvgIpc) is 3.24. The number of carbonyl (C=O) groups excluding carboxylic acids is 1. The largest absolute Gasteiger partial charge is 0.508 e. The second-order valence-electron chi connectivity index (χ2n) is 7.40. The number of amidine groups is 1. The molecule has 1 N–H and O–H groups in total. The molecule has 1 saturated heterocycles. The molecule has 0 saturated carbocycles. The van der Waals surface area contributed by atoms with Gasteiger partial charge in [0.25, 0.3) is 5.91 Å². The van der Waals surface area contributed by atoms with E-state index < -0.39 is 0 Å². The highest BCUT2D eigenvalue weighted by molar-refractivity contribution is 8.20. The zero-order chi connectivity index (χ0) is 22.4. The molecule has 0 aromatic heterocycles. The summed E-state index contributed by atoms with van der Waals surface area (Å²) in [4.78, 5) is 23.7. The monoisotopic (exact) mass is 479 g/mol. The van der Waals surface area contributed by atoms with Gasteiger partial charge in [0.1, 0.15) is 10.7 Å². The van der Waals surface area contributed by atoms with E-state index in [1.54, 1.807) is 40.9 Å². The normalized spacial score (nSPS) is 19.2. The van der Waals surface area contributed by atoms with Gasteiger partial charge in [0, 0.05) is 23.0 Å². The first-order chi connectivity index (χ1) is 15.4. The predicted octanol–water partition coefficient (Wildman–Crippen LogP) is 6.53. The van der Waals surface area contributed by atoms with Gasteiger partial charge < -0.3 is 10.0 Å². The fraction of sp³-hybridized carbons (Fsp3) is 0.0833. The first-order valence-corrected chi connectivity index (χ1v) is 11.8. The van der Waals surface area contributed by atoms with Gasteiger partial charge >= 0.3 is 0 Å². The van der Waals surface area contributed by atoms with Crippen molar-refractivity contribution in [1.82, 2.24) is 0 Å². The molecule has 0 unspecified atom stereocenters. The van der Waals surface area contributed by atoms with Crippen LogP contribution in [-0.4, -0.2) is 23.2 Å². The van der Waals surface area contributed by atoms with Crippen molar-refractivity contribution in [2.24, 2.45) is 4.99 Å². The number of aromatic hydroxyl groups is 1. The molecule has 5 nitrogen and oxygen atoms in total. The molecule has 1 fully saturated rings. The third-order valence-corrected chi connectivity index (χ3v) is 7.71. The lowest BCUT2D eigenvalue weighted by atomic mass is 10.2. The van der Waals surface area contributed by atoms with E-state index >= 15 is 0 Å². The third kappa shape index (κ3) is 3.77. The summed E-state index contributed by atoms with van der Waals surface area (Å²) in [7, 11) is 1.94. The number of hydrogen-bond acceptors (Lipinski definition) is 6. The van der Waals surface area contributed by atoms with Crippen LogP contribution in [0.2, 0.25) is 5.02 Å². The fourth-order valence-corrected chi connectivity index (χ4v) is 6.06. The lowest BCUT2D eigenvalue weighted by Crippen LogP contribution is -2.29. The number of carbonyl (C=O) groups is 1. The van der Waals surface area contributed by atoms with Crippen molar-refractivity contribution in [3.63, 3.8) is 0 Å². The third-order valence-electron chi connectivity index (χ3n) is 5.08. The second kappa shape index (κ2) is 8.24. The number of nitrogens with zero attached hydrogens (tertiary/aromatic N) is 3. The highest BCUT2D eigenvalue weighted by Crippen LogP contribution is 2.51. The van der Waals surface area contributed by atoms with E-state index in [4.69, 9.17) is 16.6 Å². The lowest BCUT2D eigenvalue weighted by Gasteiger charge is -2.17. The number of halogens is 1. The molecule has 0 aliphatic carbocycles. The average molecular weight is 480 g/mol. The zero-order valence-electron chi connectivity index (χ0n) is 17.2. The molecule has 2 aliphatic heterocycles. The van der Waals surface area contributed by atoms with Crippen LogP contribution in [0.15, 0.2) is 86.6 Å². The van der Waals surface area contributed by atoms with Crippen LogP contribution < -0.4 is 9.80 Å². The molecule has 5 rings (SSSR count). The van der Waals surface area contributed by atoms with E-state index in [2.05, 4.69) is 0 Å². The van der Waals surface area contributed by atoms with Gasteiger partial charge in [0.15, 0.2) is 5.17 Å². The van der Waals surface area contributed by atoms with Gasteiger partial charge in [-0.1, -0.05) is 41.6 Å². The van der Waals surface area contributed by atoms with Crippen LogP contribution in [0.5, 0.6) is 5.75 Å². The van der Waals surface area contributed by atoms with Crippen molar-refractivity contribution >= 4 is 63.3 Å². The highest BCUT2D eigenvalue weighted by Gasteiger charge is 2.40. The van der Waals surface area contributed by atoms with Gasteiger partial charge in [-0.3, -0.25) is 9.69 Å². The van der Waals surface area contributed by atoms with Crippen molar-refractivity contribution < 1.29 is 9.90 Å². The van der Waals surface area contributed by atoms with E-state index in [1.165, 1.54) is 11.8 Å². The minimum absolute atomic E-state index is 0.125. The van der Waals surface area contributed by atoms with E-state index in [0.717, 1.165) is 26.9 Å². The number of benzene rings is 3. The quantitative estimate of drug-likeness (QED) is 0.423. The maximum atomic E-state index is 13.7. The summed E-state index contributed by atoms with van der Waals surface area (Å²) in [6, 6.07) is 20.2. The van der Waals surface area contributed by atoms with Gasteiger partial charge in [0.05, 0.1) is 22.1 Å². The molecule has 2 heterocycles. The smallest absolute Gasteiger partial charge is 0.274 e. The molecular formula is C24H18ClN3O2S2. The molecule has 0 atom stereocenters. The molecular weight excluding hydrogens is 462 g/mol. The van der Waals surface area contributed by atoms with Crippen LogP contribution >= 0.6 is 35.1 Å². The number of aliphatic imine (C=N–C) groups is 1. The number of fused-ring (bicyclic) bond motifs is 1. The molecule has 32 heavy (non-hydrogen) atoms. The van der Waals surface area contributed by atoms with Crippen LogP contribution in [0.1, 0.15) is 5.56 Å². The molecule has 1 amide bonds. The number of thioether (sulfide) groups is 2. The van der Waals surface area contributed by atoms with Crippen LogP contribution in [0.4, 0.5) is 17.1 Å². The Morgan fingerprint density at radius 1 is 1.00 bits per heavy atom. The number of anilines is 2. The summed E-state index contributed by atoms with van der Waals surface area (Å²) in [5.41, 5.74) is 3.35. The van der Waals surface area contributed by atoms with Crippen molar-refractivity contribution in [3.05, 3.63) is 87.3 Å². The maximum absolute atomic E-state index is 13.7. The molecule has 0 spiro atoms. The summed E-state index contributed by atoms with van der Waals surface area (Å²) in [6.45, 7) is 1.99. The van der Waals surface area contributed by atoms with Crippen molar-refractivity contribution in [1.29, 1.82) is 0 Å². The number of aryl methyl sites for hydroxylation is 1. The van der Waals surface area contributed by atoms with E-state index in [-0.39, 0.29) is 11.7 Å². The number of rotatable bonds is 2. The first kappa shape index (κ1) is 21.0. The number of phenolic OH excluding ortho intramolecular Hbond substituents is 1. The van der Waals surface area contributed by atoms with Gasteiger partial charge in [0.2, 0.25) is 0 Å². The molecule has 3 aromatic rings. The SMILES string of the molecule is Cc1cccc(N2C(=O)C(=C3Sc4ccc(Cl)cc4N3C)SC2=Nc2cccc(O)c2)c1. The van der Waals surface area contributed by atoms with E-state index in [1.807, 2.05) is 61.3 Å². The summed E-state index contributed by atoms with van der Waals surface area (Å²) >= 11 is 9.08. The van der Waals surface area contributed by atoms with Crippen LogP contribution in [0.25, 0.3) is 0 Å². The number of amides is 1. The summed E-state index contributed by atoms with van der Waals surface area (Å²) in [6.07, 6.45) is 0. The van der Waals surface area contributed by atoms with Crippen LogP contribution in [0, 0.1) is 6.92 Å². The number of phenols is 1. The molecule has 160 valence electrons. The molecule has 0 bridgehead atoms. The summed E-state index contributed by atoms with van der Waals surface area (Å²) in [5, 5.41) is 11.9. The molecule has 3 aromatic carbocycles. The van der Waals surface area contributed by atoms with Crippen molar-refractivity contribution in [2.75, 3.05) is 16.8 Å². The predicted molar refractivity (Wildman–Crippen MR) is 134 cm³/mol. The van der Waals surface area contributed by atoms with Gasteiger partial charge in [-0.2, -0.15) is 0 Å². The maximum Gasteiger partial charge on any atom is 0.274 e. The minimum atomic E-state index is -0.132. The Morgan fingerprint density at radius 3 is 2.59 bits per heavy atom. The lowest BCUT2D eigenvalue weighted by molar-refractivity contribution is -0.113. The highest BCUT2D eigenvalue weighted by atomic mass is 35.5. The zero-order valence-corrected chi connectivity index (χ0v) is 19.6. The van der Waals surface area contributed by atoms with Crippen LogP contribution in [-0.2, 0) is 4.79 Å². The molecule has 2 aliphatic rings. The van der Waals surface area contributed by atoms with Gasteiger partial charge in [-0.05, 0) is 66.7 Å². The standard InChI is InChI=1S/C24H18ClN3O2S2/c1-14-5-3-7-17(11-14)28-22(30)21(32-24(28)26-16-6-4-8-18(29)13-16)23-27(2)19-12-15(25)9-10-20(19)31-23/h3-13,29H,1-2H3. The second-order valence-corrected chi connectivity index (χ2v) is 9.85. The van der Waals surface area contributed by atoms with E-state index in [0.29, 0.717) is 20.8 Å². The fourth-order valence-electron chi connectivity index (χ4n) is 3.56. The van der Waals surface area contributed by atoms with Crippen molar-refractivity contribution in [3.8, 4) is 5.75 Å². The van der Waals surface area contributed by atoms with Gasteiger partial charge in [-0.15, -0.1) is 0 Å². The van der Waals surface area contributed by atoms with Crippen LogP contribution in [0.3, 0.4) is 0 Å². The van der Waals surface area contributed by atoms with Crippen molar-refractivity contribution in [2.45, 2.75) is 11.8 Å². The first-order valence-electron chi connectivity index (χ1n) is 9.83. The number of hydrogen-bond donors (Lipinski definition) is 1. The summed E-state index contributed by atoms with van der Waals surface area (Å²) < 4.78 is 0. The Labute approximate surface area is 199 Å². The molecule has 0 radical (unpaired) electrons. The Balaban J connectivity index is 1.62. The van der Waals surface area contributed by atoms with E-state index in [9.17, 15) is 9.90 Å². The Kier molecular flexibility index (Phi) is 5.41. The topological polar surface area (TPSA) is 56.1 Å².